The highest BCUT2D eigenvalue weighted by atomic mass is 19.1. The molecule has 38 heavy (non-hydrogen) atoms. The van der Waals surface area contributed by atoms with Gasteiger partial charge in [0.15, 0.2) is 5.82 Å². The number of phenols is 1. The van der Waals surface area contributed by atoms with Crippen molar-refractivity contribution in [2.45, 2.75) is 37.8 Å². The number of hydrogen-bond donors (Lipinski definition) is 2. The Bertz CT molecular complexity index is 1490. The van der Waals surface area contributed by atoms with Crippen LogP contribution in [0.25, 0.3) is 32.8 Å². The van der Waals surface area contributed by atoms with Gasteiger partial charge in [-0.15, -0.1) is 0 Å². The van der Waals surface area contributed by atoms with E-state index in [0.717, 1.165) is 62.2 Å². The number of halogens is 1. The van der Waals surface area contributed by atoms with Gasteiger partial charge in [0.25, 0.3) is 0 Å². The van der Waals surface area contributed by atoms with E-state index in [1.807, 2.05) is 30.3 Å². The fourth-order valence-electron chi connectivity index (χ4n) is 6.40. The van der Waals surface area contributed by atoms with Crippen LogP contribution < -0.4 is 15.0 Å². The maximum atomic E-state index is 16.4. The number of nitrogens with zero attached hydrogens (tertiary/aromatic N) is 4. The molecular weight excluding hydrogens is 481 g/mol. The van der Waals surface area contributed by atoms with Gasteiger partial charge >= 0.3 is 6.01 Å². The third kappa shape index (κ3) is 4.31. The van der Waals surface area contributed by atoms with Crippen molar-refractivity contribution in [3.8, 4) is 22.9 Å². The van der Waals surface area contributed by atoms with Crippen LogP contribution in [0.3, 0.4) is 0 Å². The third-order valence-electron chi connectivity index (χ3n) is 8.26. The highest BCUT2D eigenvalue weighted by Crippen LogP contribution is 2.38. The molecule has 0 spiro atoms. The minimum absolute atomic E-state index is 0.101. The van der Waals surface area contributed by atoms with Crippen molar-refractivity contribution in [2.24, 2.45) is 0 Å². The quantitative estimate of drug-likeness (QED) is 0.387. The Balaban J connectivity index is 1.32. The normalized spacial score (nSPS) is 21.6. The Hall–Kier alpha value is -3.49. The maximum Gasteiger partial charge on any atom is 0.319 e. The first-order chi connectivity index (χ1) is 18.6. The van der Waals surface area contributed by atoms with Crippen LogP contribution in [0.4, 0.5) is 10.2 Å². The standard InChI is InChI=1S/C30H32FN5O2/c31-27-24(26-16-22(37)15-19-5-1-2-6-23(19)26)9-10-25-28(27)33-30(38-14-13-35-11-3-4-12-35)34-29(25)36-17-20-7-8-21(18-36)32-20/h1-2,5-6,9-10,15-16,20-21,32,37H,3-4,7-8,11-14,17-18H2. The monoisotopic (exact) mass is 513 g/mol. The van der Waals surface area contributed by atoms with Crippen LogP contribution in [0.2, 0.25) is 0 Å². The van der Waals surface area contributed by atoms with Crippen molar-refractivity contribution in [3.05, 3.63) is 54.3 Å². The summed E-state index contributed by atoms with van der Waals surface area (Å²) in [5.74, 6) is 0.406. The van der Waals surface area contributed by atoms with E-state index in [2.05, 4.69) is 20.1 Å². The zero-order valence-corrected chi connectivity index (χ0v) is 21.4. The first kappa shape index (κ1) is 23.6. The van der Waals surface area contributed by atoms with Crippen molar-refractivity contribution in [1.29, 1.82) is 0 Å². The highest BCUT2D eigenvalue weighted by molar-refractivity contribution is 6.01. The highest BCUT2D eigenvalue weighted by Gasteiger charge is 2.34. The van der Waals surface area contributed by atoms with E-state index < -0.39 is 5.82 Å². The van der Waals surface area contributed by atoms with Gasteiger partial charge in [0.1, 0.15) is 23.7 Å². The smallest absolute Gasteiger partial charge is 0.319 e. The predicted molar refractivity (Wildman–Crippen MR) is 147 cm³/mol. The van der Waals surface area contributed by atoms with Crippen molar-refractivity contribution < 1.29 is 14.2 Å². The molecule has 0 saturated carbocycles. The minimum atomic E-state index is -0.426. The number of aromatic nitrogens is 2. The van der Waals surface area contributed by atoms with Crippen LogP contribution >= 0.6 is 0 Å². The largest absolute Gasteiger partial charge is 0.508 e. The number of anilines is 1. The summed E-state index contributed by atoms with van der Waals surface area (Å²) in [6.07, 6.45) is 4.73. The van der Waals surface area contributed by atoms with Crippen LogP contribution in [0, 0.1) is 5.82 Å². The molecule has 2 atom stereocenters. The van der Waals surface area contributed by atoms with Gasteiger partial charge in [-0.1, -0.05) is 30.3 Å². The number of nitrogens with one attached hydrogen (secondary N) is 1. The molecule has 2 unspecified atom stereocenters. The Morgan fingerprint density at radius 1 is 0.947 bits per heavy atom. The minimum Gasteiger partial charge on any atom is -0.508 e. The Labute approximate surface area is 221 Å². The van der Waals surface area contributed by atoms with E-state index in [0.29, 0.717) is 35.2 Å². The average molecular weight is 514 g/mol. The topological polar surface area (TPSA) is 73.8 Å². The van der Waals surface area contributed by atoms with Gasteiger partial charge in [-0.3, -0.25) is 4.90 Å². The van der Waals surface area contributed by atoms with E-state index in [-0.39, 0.29) is 17.3 Å². The van der Waals surface area contributed by atoms with E-state index in [9.17, 15) is 5.11 Å². The van der Waals surface area contributed by atoms with Crippen molar-refractivity contribution in [3.63, 3.8) is 0 Å². The van der Waals surface area contributed by atoms with Crippen LogP contribution in [-0.4, -0.2) is 71.4 Å². The van der Waals surface area contributed by atoms with Crippen LogP contribution in [0.1, 0.15) is 25.7 Å². The van der Waals surface area contributed by atoms with Crippen molar-refractivity contribution >= 4 is 27.5 Å². The van der Waals surface area contributed by atoms with Crippen molar-refractivity contribution in [2.75, 3.05) is 44.2 Å². The van der Waals surface area contributed by atoms with Gasteiger partial charge < -0.3 is 20.1 Å². The third-order valence-corrected chi connectivity index (χ3v) is 8.26. The Kier molecular flexibility index (Phi) is 6.01. The molecule has 196 valence electrons. The molecule has 3 fully saturated rings. The molecule has 0 aliphatic carbocycles. The summed E-state index contributed by atoms with van der Waals surface area (Å²) >= 11 is 0. The van der Waals surface area contributed by atoms with Gasteiger partial charge in [0.2, 0.25) is 0 Å². The lowest BCUT2D eigenvalue weighted by Crippen LogP contribution is -2.51. The van der Waals surface area contributed by atoms with E-state index in [1.54, 1.807) is 18.2 Å². The molecule has 7 rings (SSSR count). The molecule has 3 aromatic carbocycles. The maximum absolute atomic E-state index is 16.4. The van der Waals surface area contributed by atoms with Crippen LogP contribution in [0.15, 0.2) is 48.5 Å². The van der Waals surface area contributed by atoms with Gasteiger partial charge in [0.05, 0.1) is 0 Å². The number of phenolic OH excluding ortho intramolecular Hbond substituents is 1. The number of piperazine rings is 1. The van der Waals surface area contributed by atoms with Gasteiger partial charge in [0, 0.05) is 42.7 Å². The first-order valence-corrected chi connectivity index (χ1v) is 13.7. The summed E-state index contributed by atoms with van der Waals surface area (Å²) in [5.41, 5.74) is 1.29. The second-order valence-electron chi connectivity index (χ2n) is 10.8. The Morgan fingerprint density at radius 3 is 2.55 bits per heavy atom. The molecule has 3 aliphatic heterocycles. The summed E-state index contributed by atoms with van der Waals surface area (Å²) in [6, 6.07) is 15.8. The lowest BCUT2D eigenvalue weighted by molar-refractivity contribution is 0.226. The molecule has 7 nitrogen and oxygen atoms in total. The lowest BCUT2D eigenvalue weighted by atomic mass is 9.96. The molecule has 1 aromatic heterocycles. The number of ether oxygens (including phenoxy) is 1. The predicted octanol–water partition coefficient (Wildman–Crippen LogP) is 4.71. The fourth-order valence-corrected chi connectivity index (χ4v) is 6.40. The first-order valence-electron chi connectivity index (χ1n) is 13.7. The van der Waals surface area contributed by atoms with Gasteiger partial charge in [-0.05, 0) is 73.3 Å². The second-order valence-corrected chi connectivity index (χ2v) is 10.8. The molecule has 3 saturated heterocycles. The second kappa shape index (κ2) is 9.67. The summed E-state index contributed by atoms with van der Waals surface area (Å²) in [7, 11) is 0. The number of benzene rings is 3. The molecule has 3 aliphatic rings. The molecule has 8 heteroatoms. The van der Waals surface area contributed by atoms with Crippen LogP contribution in [-0.2, 0) is 0 Å². The SMILES string of the molecule is Oc1cc(-c2ccc3c(N4CC5CCC(C4)N5)nc(OCCN4CCCC4)nc3c2F)c2ccccc2c1. The molecule has 2 bridgehead atoms. The van der Waals surface area contributed by atoms with Gasteiger partial charge in [-0.25, -0.2) is 4.39 Å². The molecular formula is C30H32FN5O2. The Morgan fingerprint density at radius 2 is 1.74 bits per heavy atom. The van der Waals surface area contributed by atoms with Crippen molar-refractivity contribution in [1.82, 2.24) is 20.2 Å². The van der Waals surface area contributed by atoms with Gasteiger partial charge in [-0.2, -0.15) is 9.97 Å². The molecule has 2 N–H and O–H groups in total. The number of fused-ring (bicyclic) bond motifs is 4. The van der Waals surface area contributed by atoms with E-state index >= 15 is 4.39 Å². The molecule has 4 heterocycles. The molecule has 0 radical (unpaired) electrons. The number of rotatable bonds is 6. The van der Waals surface area contributed by atoms with E-state index in [4.69, 9.17) is 9.72 Å². The fraction of sp³-hybridized carbons (Fsp3) is 0.400. The zero-order chi connectivity index (χ0) is 25.6. The summed E-state index contributed by atoms with van der Waals surface area (Å²) in [6.45, 7) is 5.12. The lowest BCUT2D eigenvalue weighted by Gasteiger charge is -2.34. The zero-order valence-electron chi connectivity index (χ0n) is 21.4. The van der Waals surface area contributed by atoms with Crippen LogP contribution in [0.5, 0.6) is 11.8 Å². The summed E-state index contributed by atoms with van der Waals surface area (Å²) in [4.78, 5) is 14.1. The average Bonchev–Trinajstić information content (AvgIpc) is 3.57. The molecule has 4 aromatic rings. The number of aromatic hydroxyl groups is 1. The number of hydrogen-bond acceptors (Lipinski definition) is 7. The molecule has 0 amide bonds. The summed E-state index contributed by atoms with van der Waals surface area (Å²) < 4.78 is 22.5. The summed E-state index contributed by atoms with van der Waals surface area (Å²) in [5, 5.41) is 16.5. The van der Waals surface area contributed by atoms with E-state index in [1.165, 1.54) is 12.8 Å². The number of likely N-dealkylation sites (tertiary alicyclic amines) is 1.